The molecule has 3 aromatic rings. The number of β-amino-alcohol motifs (C(OH)–C–C–N with tert-alkyl or cyclic N) is 1. The number of para-hydroxylation sites is 1. The van der Waals surface area contributed by atoms with Crippen LogP contribution >= 0.6 is 11.3 Å². The first-order valence-corrected chi connectivity index (χ1v) is 10.4. The SMILES string of the molecule is CC(=O)c1ccc(OCC(O)CN2CCCC2c2nc3ccccc3s2)cc1. The molecule has 1 aromatic heterocycles. The van der Waals surface area contributed by atoms with Gasteiger partial charge in [0, 0.05) is 12.1 Å². The normalized spacial score (nSPS) is 18.4. The summed E-state index contributed by atoms with van der Waals surface area (Å²) in [5.74, 6) is 0.690. The summed E-state index contributed by atoms with van der Waals surface area (Å²) < 4.78 is 6.91. The average molecular weight is 397 g/mol. The Morgan fingerprint density at radius 2 is 2.07 bits per heavy atom. The first-order valence-electron chi connectivity index (χ1n) is 9.61. The lowest BCUT2D eigenvalue weighted by Gasteiger charge is -2.25. The summed E-state index contributed by atoms with van der Waals surface area (Å²) >= 11 is 1.75. The molecule has 2 atom stereocenters. The minimum Gasteiger partial charge on any atom is -0.491 e. The lowest BCUT2D eigenvalue weighted by Crippen LogP contribution is -2.35. The van der Waals surface area contributed by atoms with Gasteiger partial charge < -0.3 is 9.84 Å². The van der Waals surface area contributed by atoms with Crippen LogP contribution in [0, 0.1) is 0 Å². The predicted molar refractivity (Wildman–Crippen MR) is 111 cm³/mol. The van der Waals surface area contributed by atoms with Crippen molar-refractivity contribution in [1.29, 1.82) is 0 Å². The molecule has 4 rings (SSSR count). The maximum absolute atomic E-state index is 11.3. The molecule has 0 spiro atoms. The number of rotatable bonds is 7. The van der Waals surface area contributed by atoms with Gasteiger partial charge in [-0.2, -0.15) is 0 Å². The molecule has 28 heavy (non-hydrogen) atoms. The number of nitrogens with zero attached hydrogens (tertiary/aromatic N) is 2. The van der Waals surface area contributed by atoms with Gasteiger partial charge in [-0.15, -0.1) is 11.3 Å². The summed E-state index contributed by atoms with van der Waals surface area (Å²) in [4.78, 5) is 18.4. The Hall–Kier alpha value is -2.28. The molecule has 6 heteroatoms. The van der Waals surface area contributed by atoms with E-state index < -0.39 is 6.10 Å². The molecule has 1 aliphatic rings. The number of likely N-dealkylation sites (tertiary alicyclic amines) is 1. The van der Waals surface area contributed by atoms with Crippen molar-refractivity contribution in [3.8, 4) is 5.75 Å². The highest BCUT2D eigenvalue weighted by Gasteiger charge is 2.30. The third-order valence-corrected chi connectivity index (χ3v) is 6.25. The second-order valence-electron chi connectivity index (χ2n) is 7.22. The van der Waals surface area contributed by atoms with Crippen LogP contribution in [-0.4, -0.2) is 46.6 Å². The average Bonchev–Trinajstić information content (AvgIpc) is 3.33. The highest BCUT2D eigenvalue weighted by atomic mass is 32.1. The van der Waals surface area contributed by atoms with Gasteiger partial charge in [-0.25, -0.2) is 4.98 Å². The number of benzene rings is 2. The van der Waals surface area contributed by atoms with Gasteiger partial charge in [-0.1, -0.05) is 12.1 Å². The molecule has 1 fully saturated rings. The molecule has 146 valence electrons. The first-order chi connectivity index (χ1) is 13.6. The van der Waals surface area contributed by atoms with Gasteiger partial charge in [0.05, 0.1) is 16.3 Å². The fourth-order valence-electron chi connectivity index (χ4n) is 3.66. The van der Waals surface area contributed by atoms with E-state index in [0.717, 1.165) is 29.9 Å². The maximum atomic E-state index is 11.3. The van der Waals surface area contributed by atoms with E-state index in [1.807, 2.05) is 12.1 Å². The molecule has 2 aromatic carbocycles. The Morgan fingerprint density at radius 1 is 1.29 bits per heavy atom. The van der Waals surface area contributed by atoms with Crippen LogP contribution in [0.4, 0.5) is 0 Å². The number of ether oxygens (including phenoxy) is 1. The van der Waals surface area contributed by atoms with Crippen LogP contribution in [0.3, 0.4) is 0 Å². The molecular weight excluding hydrogens is 372 g/mol. The number of hydrogen-bond acceptors (Lipinski definition) is 6. The van der Waals surface area contributed by atoms with E-state index >= 15 is 0 Å². The van der Waals surface area contributed by atoms with Crippen molar-refractivity contribution in [2.45, 2.75) is 31.9 Å². The van der Waals surface area contributed by atoms with Gasteiger partial charge in [0.1, 0.15) is 23.5 Å². The number of fused-ring (bicyclic) bond motifs is 1. The highest BCUT2D eigenvalue weighted by Crippen LogP contribution is 2.36. The van der Waals surface area contributed by atoms with Crippen molar-refractivity contribution < 1.29 is 14.6 Å². The van der Waals surface area contributed by atoms with E-state index in [9.17, 15) is 9.90 Å². The molecule has 0 amide bonds. The molecule has 0 saturated carbocycles. The van der Waals surface area contributed by atoms with Crippen molar-refractivity contribution in [3.05, 3.63) is 59.1 Å². The minimum atomic E-state index is -0.581. The lowest BCUT2D eigenvalue weighted by atomic mass is 10.1. The zero-order valence-corrected chi connectivity index (χ0v) is 16.7. The quantitative estimate of drug-likeness (QED) is 0.610. The second-order valence-corrected chi connectivity index (χ2v) is 8.28. The summed E-state index contributed by atoms with van der Waals surface area (Å²) in [7, 11) is 0. The summed E-state index contributed by atoms with van der Waals surface area (Å²) in [6.45, 7) is 3.29. The third kappa shape index (κ3) is 4.24. The number of carbonyl (C=O) groups excluding carboxylic acids is 1. The van der Waals surface area contributed by atoms with E-state index in [0.29, 0.717) is 17.9 Å². The van der Waals surface area contributed by atoms with Crippen molar-refractivity contribution in [2.24, 2.45) is 0 Å². The predicted octanol–water partition coefficient (Wildman–Crippen LogP) is 4.08. The first kappa shape index (κ1) is 19.1. The largest absolute Gasteiger partial charge is 0.491 e. The molecule has 2 unspecified atom stereocenters. The van der Waals surface area contributed by atoms with Crippen molar-refractivity contribution >= 4 is 27.3 Å². The monoisotopic (exact) mass is 396 g/mol. The number of ketones is 1. The van der Waals surface area contributed by atoms with Crippen molar-refractivity contribution in [2.75, 3.05) is 19.7 Å². The van der Waals surface area contributed by atoms with E-state index in [2.05, 4.69) is 17.0 Å². The van der Waals surface area contributed by atoms with E-state index in [4.69, 9.17) is 9.72 Å². The van der Waals surface area contributed by atoms with E-state index in [-0.39, 0.29) is 18.4 Å². The van der Waals surface area contributed by atoms with Crippen LogP contribution in [0.1, 0.15) is 41.2 Å². The molecule has 0 radical (unpaired) electrons. The standard InChI is InChI=1S/C22H24N2O3S/c1-15(25)16-8-10-18(11-9-16)27-14-17(26)13-24-12-4-6-20(24)22-23-19-5-2-3-7-21(19)28-22/h2-3,5,7-11,17,20,26H,4,6,12-14H2,1H3. The summed E-state index contributed by atoms with van der Waals surface area (Å²) in [5, 5.41) is 11.6. The zero-order valence-electron chi connectivity index (χ0n) is 15.9. The Kier molecular flexibility index (Phi) is 5.71. The van der Waals surface area contributed by atoms with Crippen LogP contribution in [0.15, 0.2) is 48.5 Å². The number of aliphatic hydroxyl groups excluding tert-OH is 1. The molecule has 0 bridgehead atoms. The Balaban J connectivity index is 1.35. The number of thiazole rings is 1. The van der Waals surface area contributed by atoms with Gasteiger partial charge in [-0.05, 0) is 62.7 Å². The Bertz CT molecular complexity index is 921. The number of aliphatic hydroxyl groups is 1. The summed E-state index contributed by atoms with van der Waals surface area (Å²) in [6.07, 6.45) is 1.60. The van der Waals surface area contributed by atoms with Crippen LogP contribution in [0.2, 0.25) is 0 Å². The number of hydrogen-bond donors (Lipinski definition) is 1. The summed E-state index contributed by atoms with van der Waals surface area (Å²) in [6, 6.07) is 15.5. The Morgan fingerprint density at radius 3 is 2.82 bits per heavy atom. The fourth-order valence-corrected chi connectivity index (χ4v) is 4.80. The molecule has 1 saturated heterocycles. The molecular formula is C22H24N2O3S. The molecule has 1 aliphatic heterocycles. The van der Waals surface area contributed by atoms with E-state index in [1.165, 1.54) is 11.6 Å². The molecule has 1 N–H and O–H groups in total. The zero-order chi connectivity index (χ0) is 19.5. The van der Waals surface area contributed by atoms with Gasteiger partial charge >= 0.3 is 0 Å². The number of Topliss-reactive ketones (excluding diaryl/α,β-unsaturated/α-hetero) is 1. The minimum absolute atomic E-state index is 0.0292. The fraction of sp³-hybridized carbons (Fsp3) is 0.364. The topological polar surface area (TPSA) is 62.7 Å². The van der Waals surface area contributed by atoms with Crippen LogP contribution in [0.5, 0.6) is 5.75 Å². The molecule has 0 aliphatic carbocycles. The highest BCUT2D eigenvalue weighted by molar-refractivity contribution is 7.18. The van der Waals surface area contributed by atoms with Gasteiger partial charge in [-0.3, -0.25) is 9.69 Å². The maximum Gasteiger partial charge on any atom is 0.159 e. The van der Waals surface area contributed by atoms with Gasteiger partial charge in [0.2, 0.25) is 0 Å². The van der Waals surface area contributed by atoms with Gasteiger partial charge in [0.15, 0.2) is 5.78 Å². The number of aromatic nitrogens is 1. The van der Waals surface area contributed by atoms with Crippen LogP contribution in [-0.2, 0) is 0 Å². The summed E-state index contributed by atoms with van der Waals surface area (Å²) in [5.41, 5.74) is 1.70. The Labute approximate surface area is 168 Å². The molecule has 2 heterocycles. The van der Waals surface area contributed by atoms with Crippen LogP contribution in [0.25, 0.3) is 10.2 Å². The molecule has 5 nitrogen and oxygen atoms in total. The van der Waals surface area contributed by atoms with E-state index in [1.54, 1.807) is 35.6 Å². The van der Waals surface area contributed by atoms with Crippen LogP contribution < -0.4 is 4.74 Å². The number of carbonyl (C=O) groups is 1. The lowest BCUT2D eigenvalue weighted by molar-refractivity contribution is 0.0638. The van der Waals surface area contributed by atoms with Crippen molar-refractivity contribution in [3.63, 3.8) is 0 Å². The van der Waals surface area contributed by atoms with Gasteiger partial charge in [0.25, 0.3) is 0 Å². The van der Waals surface area contributed by atoms with Crippen molar-refractivity contribution in [1.82, 2.24) is 9.88 Å². The smallest absolute Gasteiger partial charge is 0.159 e. The second kappa shape index (κ2) is 8.39. The third-order valence-electron chi connectivity index (χ3n) is 5.11.